The molecule has 0 fully saturated rings. The van der Waals surface area contributed by atoms with Crippen molar-refractivity contribution in [1.82, 2.24) is 14.5 Å². The summed E-state index contributed by atoms with van der Waals surface area (Å²) in [6.07, 6.45) is 3.28. The van der Waals surface area contributed by atoms with Crippen molar-refractivity contribution in [2.24, 2.45) is 7.05 Å². The van der Waals surface area contributed by atoms with Gasteiger partial charge in [0, 0.05) is 23.8 Å². The van der Waals surface area contributed by atoms with Gasteiger partial charge in [0.15, 0.2) is 0 Å². The molecule has 0 N–H and O–H groups in total. The van der Waals surface area contributed by atoms with Crippen LogP contribution in [0.2, 0.25) is 10.0 Å². The van der Waals surface area contributed by atoms with Crippen LogP contribution in [-0.2, 0) is 7.05 Å². The first kappa shape index (κ1) is 14.6. The van der Waals surface area contributed by atoms with E-state index in [9.17, 15) is 0 Å². The Labute approximate surface area is 137 Å². The highest BCUT2D eigenvalue weighted by Gasteiger charge is 2.17. The van der Waals surface area contributed by atoms with Gasteiger partial charge in [-0.05, 0) is 30.3 Å². The number of hydrogen-bond donors (Lipinski definition) is 0. The molecule has 108 valence electrons. The highest BCUT2D eigenvalue weighted by Crippen LogP contribution is 2.35. The Morgan fingerprint density at radius 3 is 2.68 bits per heavy atom. The molecule has 6 heteroatoms. The summed E-state index contributed by atoms with van der Waals surface area (Å²) in [4.78, 5) is 8.71. The number of nitriles is 1. The van der Waals surface area contributed by atoms with E-state index in [4.69, 9.17) is 28.5 Å². The zero-order valence-electron chi connectivity index (χ0n) is 11.6. The van der Waals surface area contributed by atoms with Crippen LogP contribution >= 0.6 is 23.2 Å². The number of aryl methyl sites for hydroxylation is 1. The van der Waals surface area contributed by atoms with Gasteiger partial charge in [0.05, 0.1) is 34.4 Å². The first-order chi connectivity index (χ1) is 10.6. The van der Waals surface area contributed by atoms with Gasteiger partial charge in [-0.1, -0.05) is 23.2 Å². The average Bonchev–Trinajstić information content (AvgIpc) is 2.89. The molecule has 3 aromatic rings. The van der Waals surface area contributed by atoms with Crippen LogP contribution in [0.4, 0.5) is 0 Å². The maximum Gasteiger partial charge on any atom is 0.115 e. The van der Waals surface area contributed by atoms with Crippen molar-refractivity contribution >= 4 is 23.2 Å². The van der Waals surface area contributed by atoms with E-state index < -0.39 is 0 Å². The minimum atomic E-state index is 0.531. The Kier molecular flexibility index (Phi) is 3.84. The molecule has 0 aliphatic carbocycles. The van der Waals surface area contributed by atoms with Crippen molar-refractivity contribution in [3.8, 4) is 28.7 Å². The number of benzene rings is 1. The third-order valence-corrected chi connectivity index (χ3v) is 3.80. The maximum absolute atomic E-state index is 9.04. The first-order valence-corrected chi connectivity index (χ1v) is 7.19. The zero-order chi connectivity index (χ0) is 15.7. The molecule has 0 saturated carbocycles. The highest BCUT2D eigenvalue weighted by molar-refractivity contribution is 6.36. The summed E-state index contributed by atoms with van der Waals surface area (Å²) in [7, 11) is 1.88. The molecule has 0 radical (unpaired) electrons. The Bertz CT molecular complexity index is 893. The standard InChI is InChI=1S/C16H10Cl2N4/c1-22-9-21-15(14-6-10(8-19)4-5-20-14)16(22)12-3-2-11(17)7-13(12)18/h2-7,9H,1H3. The van der Waals surface area contributed by atoms with E-state index in [1.165, 1.54) is 0 Å². The topological polar surface area (TPSA) is 54.5 Å². The number of pyridine rings is 1. The molecule has 0 aliphatic rings. The lowest BCUT2D eigenvalue weighted by Crippen LogP contribution is -1.94. The molecule has 2 aromatic heterocycles. The third kappa shape index (κ3) is 2.57. The number of imidazole rings is 1. The molecule has 4 nitrogen and oxygen atoms in total. The van der Waals surface area contributed by atoms with E-state index in [2.05, 4.69) is 16.0 Å². The molecule has 0 aliphatic heterocycles. The number of nitrogens with zero attached hydrogens (tertiary/aromatic N) is 4. The smallest absolute Gasteiger partial charge is 0.115 e. The van der Waals surface area contributed by atoms with Crippen LogP contribution in [0.25, 0.3) is 22.6 Å². The van der Waals surface area contributed by atoms with Gasteiger partial charge in [-0.2, -0.15) is 5.26 Å². The minimum absolute atomic E-state index is 0.531. The Hall–Kier alpha value is -2.35. The maximum atomic E-state index is 9.04. The first-order valence-electron chi connectivity index (χ1n) is 6.43. The monoisotopic (exact) mass is 328 g/mol. The van der Waals surface area contributed by atoms with Crippen LogP contribution in [-0.4, -0.2) is 14.5 Å². The SMILES string of the molecule is Cn1cnc(-c2cc(C#N)ccn2)c1-c1ccc(Cl)cc1Cl. The fourth-order valence-corrected chi connectivity index (χ4v) is 2.74. The zero-order valence-corrected chi connectivity index (χ0v) is 13.1. The molecule has 1 aromatic carbocycles. The molecule has 0 atom stereocenters. The minimum Gasteiger partial charge on any atom is -0.333 e. The highest BCUT2D eigenvalue weighted by atomic mass is 35.5. The summed E-state index contributed by atoms with van der Waals surface area (Å²) >= 11 is 12.3. The van der Waals surface area contributed by atoms with E-state index in [0.29, 0.717) is 27.0 Å². The molecular formula is C16H10Cl2N4. The van der Waals surface area contributed by atoms with Crippen LogP contribution in [0.15, 0.2) is 42.9 Å². The lowest BCUT2D eigenvalue weighted by molar-refractivity contribution is 0.921. The van der Waals surface area contributed by atoms with Crippen LogP contribution < -0.4 is 0 Å². The Morgan fingerprint density at radius 1 is 1.14 bits per heavy atom. The van der Waals surface area contributed by atoms with Gasteiger partial charge in [0.25, 0.3) is 0 Å². The predicted molar refractivity (Wildman–Crippen MR) is 86.6 cm³/mol. The molecule has 3 rings (SSSR count). The Morgan fingerprint density at radius 2 is 1.95 bits per heavy atom. The van der Waals surface area contributed by atoms with Crippen LogP contribution in [0, 0.1) is 11.3 Å². The lowest BCUT2D eigenvalue weighted by atomic mass is 10.1. The van der Waals surface area contributed by atoms with Crippen molar-refractivity contribution in [3.05, 3.63) is 58.5 Å². The van der Waals surface area contributed by atoms with Crippen molar-refractivity contribution in [2.45, 2.75) is 0 Å². The van der Waals surface area contributed by atoms with Gasteiger partial charge in [0.1, 0.15) is 5.69 Å². The third-order valence-electron chi connectivity index (χ3n) is 3.25. The molecule has 22 heavy (non-hydrogen) atoms. The summed E-state index contributed by atoms with van der Waals surface area (Å²) < 4.78 is 1.87. The number of halogens is 2. The van der Waals surface area contributed by atoms with Crippen LogP contribution in [0.1, 0.15) is 5.56 Å². The number of hydrogen-bond acceptors (Lipinski definition) is 3. The fourth-order valence-electron chi connectivity index (χ4n) is 2.25. The second kappa shape index (κ2) is 5.80. The Balaban J connectivity index is 2.22. The summed E-state index contributed by atoms with van der Waals surface area (Å²) in [6, 6.07) is 10.8. The van der Waals surface area contributed by atoms with Crippen LogP contribution in [0.5, 0.6) is 0 Å². The average molecular weight is 329 g/mol. The predicted octanol–water partition coefficient (Wildman–Crippen LogP) is 4.33. The number of aromatic nitrogens is 3. The van der Waals surface area contributed by atoms with E-state index in [-0.39, 0.29) is 0 Å². The molecular weight excluding hydrogens is 319 g/mol. The summed E-state index contributed by atoms with van der Waals surface area (Å²) in [6.45, 7) is 0. The molecule has 0 unspecified atom stereocenters. The van der Waals surface area contributed by atoms with E-state index >= 15 is 0 Å². The van der Waals surface area contributed by atoms with Gasteiger partial charge in [0.2, 0.25) is 0 Å². The lowest BCUT2D eigenvalue weighted by Gasteiger charge is -2.09. The van der Waals surface area contributed by atoms with Gasteiger partial charge in [-0.15, -0.1) is 0 Å². The molecule has 0 spiro atoms. The quantitative estimate of drug-likeness (QED) is 0.703. The second-order valence-corrected chi connectivity index (χ2v) is 5.56. The van der Waals surface area contributed by atoms with Crippen molar-refractivity contribution in [1.29, 1.82) is 5.26 Å². The van der Waals surface area contributed by atoms with E-state index in [1.807, 2.05) is 17.7 Å². The number of rotatable bonds is 2. The fraction of sp³-hybridized carbons (Fsp3) is 0.0625. The molecule has 0 bridgehead atoms. The van der Waals surface area contributed by atoms with Crippen molar-refractivity contribution < 1.29 is 0 Å². The summed E-state index contributed by atoms with van der Waals surface area (Å²) in [5.41, 5.74) is 3.46. The van der Waals surface area contributed by atoms with Crippen LogP contribution in [0.3, 0.4) is 0 Å². The molecule has 0 saturated heterocycles. The largest absolute Gasteiger partial charge is 0.333 e. The second-order valence-electron chi connectivity index (χ2n) is 4.72. The molecule has 0 amide bonds. The van der Waals surface area contributed by atoms with Gasteiger partial charge in [-0.25, -0.2) is 4.98 Å². The van der Waals surface area contributed by atoms with Gasteiger partial charge >= 0.3 is 0 Å². The van der Waals surface area contributed by atoms with Gasteiger partial charge in [-0.3, -0.25) is 4.98 Å². The van der Waals surface area contributed by atoms with Crippen molar-refractivity contribution in [3.63, 3.8) is 0 Å². The van der Waals surface area contributed by atoms with E-state index in [1.54, 1.807) is 36.8 Å². The normalized spacial score (nSPS) is 10.5. The summed E-state index contributed by atoms with van der Waals surface area (Å²) in [5.74, 6) is 0. The summed E-state index contributed by atoms with van der Waals surface area (Å²) in [5, 5.41) is 10.1. The van der Waals surface area contributed by atoms with E-state index in [0.717, 1.165) is 11.3 Å². The molecule has 2 heterocycles. The van der Waals surface area contributed by atoms with Gasteiger partial charge < -0.3 is 4.57 Å². The van der Waals surface area contributed by atoms with Crippen molar-refractivity contribution in [2.75, 3.05) is 0 Å².